The molecule has 0 radical (unpaired) electrons. The fourth-order valence-corrected chi connectivity index (χ4v) is 1.86. The van der Waals surface area contributed by atoms with Gasteiger partial charge in [0, 0.05) is 13.1 Å². The van der Waals surface area contributed by atoms with Gasteiger partial charge in [-0.25, -0.2) is 0 Å². The third-order valence-electron chi connectivity index (χ3n) is 2.59. The molecule has 0 aromatic carbocycles. The van der Waals surface area contributed by atoms with E-state index >= 15 is 0 Å². The lowest BCUT2D eigenvalue weighted by atomic mass is 9.98. The molecule has 2 atom stereocenters. The number of nitrogens with one attached hydrogen (secondary N) is 1. The molecule has 0 rings (SSSR count). The van der Waals surface area contributed by atoms with E-state index in [1.807, 2.05) is 13.8 Å². The van der Waals surface area contributed by atoms with Gasteiger partial charge in [0.25, 0.3) is 0 Å². The predicted octanol–water partition coefficient (Wildman–Crippen LogP) is 1.68. The Labute approximate surface area is 93.9 Å². The van der Waals surface area contributed by atoms with Crippen LogP contribution in [0.25, 0.3) is 0 Å². The van der Waals surface area contributed by atoms with Gasteiger partial charge in [0.05, 0.1) is 11.2 Å². The molecule has 0 aliphatic rings. The van der Waals surface area contributed by atoms with Gasteiger partial charge in [-0.2, -0.15) is 0 Å². The monoisotopic (exact) mass is 217 g/mol. The molecule has 0 bridgehead atoms. The maximum Gasteiger partial charge on any atom is 0.0743 e. The molecule has 0 saturated carbocycles. The van der Waals surface area contributed by atoms with Crippen molar-refractivity contribution < 1.29 is 10.2 Å². The molecule has 0 aromatic heterocycles. The van der Waals surface area contributed by atoms with Gasteiger partial charge in [-0.05, 0) is 26.7 Å². The summed E-state index contributed by atoms with van der Waals surface area (Å²) in [5.74, 6) is 0. The zero-order chi connectivity index (χ0) is 11.9. The summed E-state index contributed by atoms with van der Waals surface area (Å²) in [6.45, 7) is 8.86. The van der Waals surface area contributed by atoms with Crippen molar-refractivity contribution in [3.8, 4) is 0 Å². The normalized spacial score (nSPS) is 19.6. The Morgan fingerprint density at radius 1 is 0.867 bits per heavy atom. The van der Waals surface area contributed by atoms with Crippen molar-refractivity contribution in [2.45, 2.75) is 64.6 Å². The van der Waals surface area contributed by atoms with E-state index in [9.17, 15) is 10.2 Å². The predicted molar refractivity (Wildman–Crippen MR) is 63.9 cm³/mol. The Morgan fingerprint density at radius 3 is 1.47 bits per heavy atom. The summed E-state index contributed by atoms with van der Waals surface area (Å²) in [7, 11) is 0. The molecule has 92 valence electrons. The summed E-state index contributed by atoms with van der Waals surface area (Å²) < 4.78 is 0. The third kappa shape index (κ3) is 7.77. The number of rotatable bonds is 8. The lowest BCUT2D eigenvalue weighted by Crippen LogP contribution is -2.44. The van der Waals surface area contributed by atoms with Crippen molar-refractivity contribution in [3.05, 3.63) is 0 Å². The third-order valence-corrected chi connectivity index (χ3v) is 2.59. The molecule has 0 heterocycles. The van der Waals surface area contributed by atoms with Gasteiger partial charge >= 0.3 is 0 Å². The van der Waals surface area contributed by atoms with Crippen LogP contribution in [0.4, 0.5) is 0 Å². The first-order chi connectivity index (χ1) is 6.83. The average Bonchev–Trinajstić information content (AvgIpc) is 2.02. The maximum atomic E-state index is 9.90. The first-order valence-corrected chi connectivity index (χ1v) is 5.98. The van der Waals surface area contributed by atoms with Crippen LogP contribution >= 0.6 is 0 Å². The zero-order valence-electron chi connectivity index (χ0n) is 10.6. The SMILES string of the molecule is CCC[C@](C)(O)CNC[C@@](C)(O)CCC. The summed E-state index contributed by atoms with van der Waals surface area (Å²) >= 11 is 0. The highest BCUT2D eigenvalue weighted by Crippen LogP contribution is 2.13. The molecule has 0 saturated heterocycles. The minimum Gasteiger partial charge on any atom is -0.389 e. The molecule has 0 fully saturated rings. The molecule has 0 spiro atoms. The standard InChI is InChI=1S/C12H27NO2/c1-5-7-11(3,14)9-13-10-12(4,15)8-6-2/h13-15H,5-10H2,1-4H3/t11-,12-/m0/s1. The van der Waals surface area contributed by atoms with Gasteiger partial charge in [0.2, 0.25) is 0 Å². The maximum absolute atomic E-state index is 9.90. The van der Waals surface area contributed by atoms with E-state index in [4.69, 9.17) is 0 Å². The molecule has 0 aromatic rings. The van der Waals surface area contributed by atoms with Gasteiger partial charge in [-0.1, -0.05) is 26.7 Å². The summed E-state index contributed by atoms with van der Waals surface area (Å²) in [6, 6.07) is 0. The van der Waals surface area contributed by atoms with Crippen LogP contribution in [-0.2, 0) is 0 Å². The van der Waals surface area contributed by atoms with Gasteiger partial charge < -0.3 is 15.5 Å². The van der Waals surface area contributed by atoms with Crippen LogP contribution in [-0.4, -0.2) is 34.5 Å². The molecule has 0 aliphatic heterocycles. The highest BCUT2D eigenvalue weighted by Gasteiger charge is 2.22. The smallest absolute Gasteiger partial charge is 0.0743 e. The largest absolute Gasteiger partial charge is 0.389 e. The van der Waals surface area contributed by atoms with Crippen molar-refractivity contribution in [2.24, 2.45) is 0 Å². The van der Waals surface area contributed by atoms with Crippen molar-refractivity contribution in [1.29, 1.82) is 0 Å². The van der Waals surface area contributed by atoms with Crippen molar-refractivity contribution >= 4 is 0 Å². The van der Waals surface area contributed by atoms with E-state index in [2.05, 4.69) is 19.2 Å². The molecule has 3 N–H and O–H groups in total. The van der Waals surface area contributed by atoms with Crippen LogP contribution in [0.5, 0.6) is 0 Å². The van der Waals surface area contributed by atoms with E-state index in [1.54, 1.807) is 0 Å². The fraction of sp³-hybridized carbons (Fsp3) is 1.00. The minimum absolute atomic E-state index is 0.542. The summed E-state index contributed by atoms with van der Waals surface area (Å²) in [4.78, 5) is 0. The second-order valence-electron chi connectivity index (χ2n) is 5.10. The molecule has 3 heteroatoms. The second-order valence-corrected chi connectivity index (χ2v) is 5.10. The topological polar surface area (TPSA) is 52.5 Å². The Hall–Kier alpha value is -0.120. The highest BCUT2D eigenvalue weighted by molar-refractivity contribution is 4.79. The fourth-order valence-electron chi connectivity index (χ4n) is 1.86. The Morgan fingerprint density at radius 2 is 1.20 bits per heavy atom. The Balaban J connectivity index is 3.77. The van der Waals surface area contributed by atoms with Crippen LogP contribution in [0.3, 0.4) is 0 Å². The average molecular weight is 217 g/mol. The lowest BCUT2D eigenvalue weighted by Gasteiger charge is -2.27. The summed E-state index contributed by atoms with van der Waals surface area (Å²) in [5.41, 5.74) is -1.31. The van der Waals surface area contributed by atoms with Crippen molar-refractivity contribution in [1.82, 2.24) is 5.32 Å². The van der Waals surface area contributed by atoms with Gasteiger partial charge in [0.1, 0.15) is 0 Å². The van der Waals surface area contributed by atoms with Crippen LogP contribution in [0.2, 0.25) is 0 Å². The van der Waals surface area contributed by atoms with E-state index in [-0.39, 0.29) is 0 Å². The number of hydrogen-bond donors (Lipinski definition) is 3. The molecular weight excluding hydrogens is 190 g/mol. The molecule has 0 amide bonds. The highest BCUT2D eigenvalue weighted by atomic mass is 16.3. The van der Waals surface area contributed by atoms with E-state index in [0.29, 0.717) is 13.1 Å². The lowest BCUT2D eigenvalue weighted by molar-refractivity contribution is 0.0248. The molecule has 0 aliphatic carbocycles. The molecule has 15 heavy (non-hydrogen) atoms. The van der Waals surface area contributed by atoms with E-state index in [0.717, 1.165) is 25.7 Å². The summed E-state index contributed by atoms with van der Waals surface area (Å²) in [6.07, 6.45) is 3.52. The minimum atomic E-state index is -0.656. The van der Waals surface area contributed by atoms with Gasteiger partial charge in [-0.3, -0.25) is 0 Å². The first kappa shape index (κ1) is 14.9. The van der Waals surface area contributed by atoms with Crippen molar-refractivity contribution in [3.63, 3.8) is 0 Å². The van der Waals surface area contributed by atoms with Gasteiger partial charge in [0.15, 0.2) is 0 Å². The van der Waals surface area contributed by atoms with Crippen LogP contribution in [0, 0.1) is 0 Å². The summed E-state index contributed by atoms with van der Waals surface area (Å²) in [5, 5.41) is 22.9. The molecule has 0 unspecified atom stereocenters. The zero-order valence-corrected chi connectivity index (χ0v) is 10.6. The van der Waals surface area contributed by atoms with E-state index in [1.165, 1.54) is 0 Å². The van der Waals surface area contributed by atoms with Crippen molar-refractivity contribution in [2.75, 3.05) is 13.1 Å². The van der Waals surface area contributed by atoms with Gasteiger partial charge in [-0.15, -0.1) is 0 Å². The number of aliphatic hydroxyl groups is 2. The Kier molecular flexibility index (Phi) is 6.41. The molecule has 3 nitrogen and oxygen atoms in total. The van der Waals surface area contributed by atoms with Crippen LogP contribution in [0.1, 0.15) is 53.4 Å². The van der Waals surface area contributed by atoms with Crippen LogP contribution in [0.15, 0.2) is 0 Å². The van der Waals surface area contributed by atoms with E-state index < -0.39 is 11.2 Å². The Bertz CT molecular complexity index is 149. The second kappa shape index (κ2) is 6.46. The number of hydrogen-bond acceptors (Lipinski definition) is 3. The quantitative estimate of drug-likeness (QED) is 0.580. The molecular formula is C12H27NO2. The first-order valence-electron chi connectivity index (χ1n) is 5.98. The van der Waals surface area contributed by atoms with Crippen LogP contribution < -0.4 is 5.32 Å².